The minimum atomic E-state index is -0.355. The molecule has 32 heavy (non-hydrogen) atoms. The number of aryl methyl sites for hydroxylation is 1. The van der Waals surface area contributed by atoms with Gasteiger partial charge in [-0.3, -0.25) is 9.48 Å². The second-order valence-corrected chi connectivity index (χ2v) is 7.77. The maximum absolute atomic E-state index is 13.0. The highest BCUT2D eigenvalue weighted by Crippen LogP contribution is 2.32. The van der Waals surface area contributed by atoms with Crippen LogP contribution in [-0.2, 0) is 11.8 Å². The second-order valence-electron chi connectivity index (χ2n) is 7.77. The Morgan fingerprint density at radius 3 is 2.78 bits per heavy atom. The zero-order chi connectivity index (χ0) is 22.3. The lowest BCUT2D eigenvalue weighted by Crippen LogP contribution is -2.23. The molecule has 0 saturated carbocycles. The van der Waals surface area contributed by atoms with Gasteiger partial charge in [-0.15, -0.1) is 0 Å². The minimum Gasteiger partial charge on any atom is -0.493 e. The van der Waals surface area contributed by atoms with Gasteiger partial charge in [-0.2, -0.15) is 5.10 Å². The molecule has 1 atom stereocenters. The molecule has 0 bridgehead atoms. The zero-order valence-electron chi connectivity index (χ0n) is 18.0. The van der Waals surface area contributed by atoms with Crippen LogP contribution in [0.3, 0.4) is 0 Å². The van der Waals surface area contributed by atoms with Crippen LogP contribution in [0, 0.1) is 5.82 Å². The molecule has 168 valence electrons. The maximum Gasteiger partial charge on any atom is 0.262 e. The van der Waals surface area contributed by atoms with Gasteiger partial charge in [0.15, 0.2) is 6.61 Å². The Kier molecular flexibility index (Phi) is 7.01. The van der Waals surface area contributed by atoms with Crippen LogP contribution in [0.4, 0.5) is 10.1 Å². The van der Waals surface area contributed by atoms with Gasteiger partial charge in [0, 0.05) is 30.5 Å². The van der Waals surface area contributed by atoms with Crippen molar-refractivity contribution in [3.63, 3.8) is 0 Å². The molecule has 1 aliphatic heterocycles. The highest BCUT2D eigenvalue weighted by Gasteiger charge is 2.16. The zero-order valence-corrected chi connectivity index (χ0v) is 18.0. The van der Waals surface area contributed by atoms with Crippen molar-refractivity contribution in [3.05, 3.63) is 60.5 Å². The van der Waals surface area contributed by atoms with E-state index in [1.807, 2.05) is 25.2 Å². The van der Waals surface area contributed by atoms with Gasteiger partial charge in [-0.05, 0) is 74.3 Å². The van der Waals surface area contributed by atoms with E-state index in [-0.39, 0.29) is 18.3 Å². The molecular formula is C24H27FN4O3. The fraction of sp³-hybridized carbons (Fsp3) is 0.333. The summed E-state index contributed by atoms with van der Waals surface area (Å²) in [6.07, 6.45) is 5.07. The van der Waals surface area contributed by atoms with Gasteiger partial charge in [0.05, 0.1) is 12.3 Å². The number of anilines is 1. The Labute approximate surface area is 186 Å². The van der Waals surface area contributed by atoms with E-state index in [4.69, 9.17) is 9.47 Å². The van der Waals surface area contributed by atoms with Crippen LogP contribution in [0.1, 0.15) is 19.3 Å². The number of halogens is 1. The number of ether oxygens (including phenoxy) is 2. The number of carbonyl (C=O) groups excluding carboxylic acids is 1. The highest BCUT2D eigenvalue weighted by molar-refractivity contribution is 5.93. The Balaban J connectivity index is 1.42. The number of nitrogens with one attached hydrogen (secondary N) is 2. The Hall–Kier alpha value is -3.39. The molecule has 1 aliphatic rings. The molecule has 2 N–H and O–H groups in total. The molecule has 1 fully saturated rings. The van der Waals surface area contributed by atoms with E-state index in [1.165, 1.54) is 37.1 Å². The molecule has 3 aromatic rings. The van der Waals surface area contributed by atoms with Crippen molar-refractivity contribution >= 4 is 11.6 Å². The molecule has 0 spiro atoms. The van der Waals surface area contributed by atoms with E-state index >= 15 is 0 Å². The summed E-state index contributed by atoms with van der Waals surface area (Å²) in [5, 5.41) is 10.6. The highest BCUT2D eigenvalue weighted by atomic mass is 19.1. The van der Waals surface area contributed by atoms with Gasteiger partial charge in [-0.1, -0.05) is 0 Å². The molecule has 7 nitrogen and oxygen atoms in total. The van der Waals surface area contributed by atoms with Crippen LogP contribution in [0.2, 0.25) is 0 Å². The topological polar surface area (TPSA) is 77.4 Å². The number of carbonyl (C=O) groups is 1. The van der Waals surface area contributed by atoms with E-state index in [1.54, 1.807) is 16.9 Å². The lowest BCUT2D eigenvalue weighted by atomic mass is 10.1. The van der Waals surface area contributed by atoms with Crippen molar-refractivity contribution in [2.75, 3.05) is 25.1 Å². The number of aromatic nitrogens is 2. The number of nitrogens with zero attached hydrogens (tertiary/aromatic N) is 2. The van der Waals surface area contributed by atoms with E-state index < -0.39 is 0 Å². The third-order valence-electron chi connectivity index (χ3n) is 5.43. The maximum atomic E-state index is 13.0. The molecule has 4 rings (SSSR count). The standard InChI is InChI=1S/C24H27FN4O3/c1-29-22(10-13-27-29)21-15-19(6-9-23(21)31-14-11-18-3-2-12-26-18)28-24(30)16-32-20-7-4-17(25)5-8-20/h4-10,13,15,18,26H,2-3,11-12,14,16H2,1H3,(H,28,30). The largest absolute Gasteiger partial charge is 0.493 e. The third-order valence-corrected chi connectivity index (χ3v) is 5.43. The van der Waals surface area contributed by atoms with Gasteiger partial charge >= 0.3 is 0 Å². The van der Waals surface area contributed by atoms with Gasteiger partial charge < -0.3 is 20.1 Å². The summed E-state index contributed by atoms with van der Waals surface area (Å²) < 4.78 is 26.3. The normalized spacial score (nSPS) is 15.5. The summed E-state index contributed by atoms with van der Waals surface area (Å²) in [7, 11) is 1.86. The number of hydrogen-bond donors (Lipinski definition) is 2. The van der Waals surface area contributed by atoms with Crippen LogP contribution in [0.15, 0.2) is 54.7 Å². The minimum absolute atomic E-state index is 0.181. The summed E-state index contributed by atoms with van der Waals surface area (Å²) in [5.74, 6) is 0.502. The predicted octanol–water partition coefficient (Wildman–Crippen LogP) is 3.76. The molecule has 2 aromatic carbocycles. The first kappa shape index (κ1) is 21.8. The van der Waals surface area contributed by atoms with E-state index in [0.29, 0.717) is 24.1 Å². The molecule has 1 unspecified atom stereocenters. The summed E-state index contributed by atoms with van der Waals surface area (Å²) in [4.78, 5) is 12.4. The van der Waals surface area contributed by atoms with E-state index in [0.717, 1.165) is 30.0 Å². The first-order chi connectivity index (χ1) is 15.6. The monoisotopic (exact) mass is 438 g/mol. The second kappa shape index (κ2) is 10.3. The number of hydrogen-bond acceptors (Lipinski definition) is 5. The number of rotatable bonds is 9. The van der Waals surface area contributed by atoms with Crippen LogP contribution in [0.25, 0.3) is 11.3 Å². The van der Waals surface area contributed by atoms with Gasteiger partial charge in [-0.25, -0.2) is 4.39 Å². The lowest BCUT2D eigenvalue weighted by molar-refractivity contribution is -0.118. The Bertz CT molecular complexity index is 1050. The van der Waals surface area contributed by atoms with Crippen LogP contribution in [0.5, 0.6) is 11.5 Å². The van der Waals surface area contributed by atoms with Gasteiger partial charge in [0.1, 0.15) is 17.3 Å². The first-order valence-electron chi connectivity index (χ1n) is 10.8. The van der Waals surface area contributed by atoms with Crippen molar-refractivity contribution in [1.82, 2.24) is 15.1 Å². The third kappa shape index (κ3) is 5.64. The lowest BCUT2D eigenvalue weighted by Gasteiger charge is -2.16. The summed E-state index contributed by atoms with van der Waals surface area (Å²) in [5.41, 5.74) is 2.36. The summed E-state index contributed by atoms with van der Waals surface area (Å²) in [6, 6.07) is 13.5. The summed E-state index contributed by atoms with van der Waals surface area (Å²) in [6.45, 7) is 1.50. The molecular weight excluding hydrogens is 411 g/mol. The number of amides is 1. The van der Waals surface area contributed by atoms with Crippen LogP contribution in [-0.4, -0.2) is 41.5 Å². The molecule has 2 heterocycles. The van der Waals surface area contributed by atoms with Gasteiger partial charge in [0.25, 0.3) is 5.91 Å². The SMILES string of the molecule is Cn1nccc1-c1cc(NC(=O)COc2ccc(F)cc2)ccc1OCCC1CCCN1. The van der Waals surface area contributed by atoms with Crippen LogP contribution >= 0.6 is 0 Å². The fourth-order valence-corrected chi connectivity index (χ4v) is 3.76. The van der Waals surface area contributed by atoms with Crippen molar-refractivity contribution < 1.29 is 18.7 Å². The van der Waals surface area contributed by atoms with Crippen molar-refractivity contribution in [2.45, 2.75) is 25.3 Å². The molecule has 1 amide bonds. The molecule has 0 radical (unpaired) electrons. The molecule has 8 heteroatoms. The van der Waals surface area contributed by atoms with E-state index in [2.05, 4.69) is 15.7 Å². The fourth-order valence-electron chi connectivity index (χ4n) is 3.76. The molecule has 1 saturated heterocycles. The van der Waals surface area contributed by atoms with Crippen molar-refractivity contribution in [3.8, 4) is 22.8 Å². The van der Waals surface area contributed by atoms with Crippen LogP contribution < -0.4 is 20.1 Å². The Morgan fingerprint density at radius 1 is 1.22 bits per heavy atom. The molecule has 1 aromatic heterocycles. The smallest absolute Gasteiger partial charge is 0.262 e. The van der Waals surface area contributed by atoms with Crippen molar-refractivity contribution in [1.29, 1.82) is 0 Å². The number of benzene rings is 2. The average molecular weight is 439 g/mol. The van der Waals surface area contributed by atoms with Gasteiger partial charge in [0.2, 0.25) is 0 Å². The Morgan fingerprint density at radius 2 is 2.06 bits per heavy atom. The molecule has 0 aliphatic carbocycles. The first-order valence-corrected chi connectivity index (χ1v) is 10.8. The quantitative estimate of drug-likeness (QED) is 0.532. The summed E-state index contributed by atoms with van der Waals surface area (Å²) >= 11 is 0. The predicted molar refractivity (Wildman–Crippen MR) is 120 cm³/mol. The van der Waals surface area contributed by atoms with E-state index in [9.17, 15) is 9.18 Å². The van der Waals surface area contributed by atoms with Crippen molar-refractivity contribution in [2.24, 2.45) is 7.05 Å². The average Bonchev–Trinajstić information content (AvgIpc) is 3.46.